The summed E-state index contributed by atoms with van der Waals surface area (Å²) in [7, 11) is 0. The molecule has 76 valence electrons. The second-order valence-corrected chi connectivity index (χ2v) is 3.95. The number of amides is 1. The fourth-order valence-electron chi connectivity index (χ4n) is 1.72. The van der Waals surface area contributed by atoms with Gasteiger partial charge in [-0.15, -0.1) is 0 Å². The molecule has 2 unspecified atom stereocenters. The molecule has 0 aromatic heterocycles. The van der Waals surface area contributed by atoms with Crippen LogP contribution in [0.3, 0.4) is 0 Å². The molecule has 1 fully saturated rings. The maximum atomic E-state index is 11.5. The van der Waals surface area contributed by atoms with Gasteiger partial charge in [0, 0.05) is 25.6 Å². The maximum Gasteiger partial charge on any atom is 0.222 e. The summed E-state index contributed by atoms with van der Waals surface area (Å²) in [5.41, 5.74) is 5.81. The van der Waals surface area contributed by atoms with Crippen molar-refractivity contribution in [1.82, 2.24) is 4.90 Å². The zero-order valence-electron chi connectivity index (χ0n) is 8.62. The second-order valence-electron chi connectivity index (χ2n) is 3.95. The largest absolute Gasteiger partial charge is 0.341 e. The summed E-state index contributed by atoms with van der Waals surface area (Å²) in [6.07, 6.45) is 2.77. The number of hydrogen-bond donors (Lipinski definition) is 1. The van der Waals surface area contributed by atoms with Gasteiger partial charge in [-0.05, 0) is 12.3 Å². The second kappa shape index (κ2) is 4.61. The van der Waals surface area contributed by atoms with E-state index in [0.717, 1.165) is 32.4 Å². The van der Waals surface area contributed by atoms with Gasteiger partial charge < -0.3 is 10.6 Å². The van der Waals surface area contributed by atoms with Gasteiger partial charge in [0.25, 0.3) is 0 Å². The lowest BCUT2D eigenvalue weighted by atomic mass is 10.1. The van der Waals surface area contributed by atoms with Crippen molar-refractivity contribution in [1.29, 1.82) is 0 Å². The Morgan fingerprint density at radius 2 is 2.31 bits per heavy atom. The molecule has 13 heavy (non-hydrogen) atoms. The van der Waals surface area contributed by atoms with Crippen molar-refractivity contribution < 1.29 is 4.79 Å². The lowest BCUT2D eigenvalue weighted by molar-refractivity contribution is -0.127. The van der Waals surface area contributed by atoms with Gasteiger partial charge in [-0.25, -0.2) is 0 Å². The molecule has 0 aromatic carbocycles. The molecule has 0 aliphatic carbocycles. The van der Waals surface area contributed by atoms with Gasteiger partial charge in [0.15, 0.2) is 0 Å². The first kappa shape index (κ1) is 10.5. The number of nitrogens with zero attached hydrogens (tertiary/aromatic N) is 1. The summed E-state index contributed by atoms with van der Waals surface area (Å²) >= 11 is 0. The lowest BCUT2D eigenvalue weighted by Gasteiger charge is -2.20. The van der Waals surface area contributed by atoms with Crippen LogP contribution in [0, 0.1) is 5.92 Å². The molecule has 1 aliphatic heterocycles. The summed E-state index contributed by atoms with van der Waals surface area (Å²) in [6.45, 7) is 5.86. The molecule has 3 heteroatoms. The predicted molar refractivity (Wildman–Crippen MR) is 53.2 cm³/mol. The zero-order valence-corrected chi connectivity index (χ0v) is 8.62. The van der Waals surface area contributed by atoms with E-state index in [1.807, 2.05) is 4.90 Å². The van der Waals surface area contributed by atoms with Crippen LogP contribution in [0.2, 0.25) is 0 Å². The zero-order chi connectivity index (χ0) is 9.84. The van der Waals surface area contributed by atoms with Crippen LogP contribution < -0.4 is 5.73 Å². The molecule has 0 radical (unpaired) electrons. The molecule has 2 N–H and O–H groups in total. The molecule has 3 nitrogen and oxygen atoms in total. The first-order chi connectivity index (χ1) is 6.17. The molecule has 2 atom stereocenters. The van der Waals surface area contributed by atoms with Crippen LogP contribution in [0.5, 0.6) is 0 Å². The quantitative estimate of drug-likeness (QED) is 0.708. The lowest BCUT2D eigenvalue weighted by Crippen LogP contribution is -2.38. The van der Waals surface area contributed by atoms with E-state index in [-0.39, 0.29) is 11.9 Å². The molecule has 1 amide bonds. The molecular weight excluding hydrogens is 164 g/mol. The topological polar surface area (TPSA) is 46.3 Å². The number of carbonyl (C=O) groups is 1. The van der Waals surface area contributed by atoms with Crippen LogP contribution in [-0.2, 0) is 4.79 Å². The van der Waals surface area contributed by atoms with E-state index in [2.05, 4.69) is 13.8 Å². The normalized spacial score (nSPS) is 25.3. The summed E-state index contributed by atoms with van der Waals surface area (Å²) in [5.74, 6) is 0.854. The van der Waals surface area contributed by atoms with Crippen LogP contribution in [0.15, 0.2) is 0 Å². The van der Waals surface area contributed by atoms with Crippen molar-refractivity contribution in [3.8, 4) is 0 Å². The van der Waals surface area contributed by atoms with Crippen LogP contribution in [0.1, 0.15) is 33.1 Å². The molecule has 0 aromatic rings. The van der Waals surface area contributed by atoms with E-state index < -0.39 is 0 Å². The minimum Gasteiger partial charge on any atom is -0.341 e. The van der Waals surface area contributed by atoms with Gasteiger partial charge >= 0.3 is 0 Å². The minimum atomic E-state index is 0.152. The molecule has 0 saturated carbocycles. The van der Waals surface area contributed by atoms with Crippen LogP contribution >= 0.6 is 0 Å². The van der Waals surface area contributed by atoms with E-state index in [4.69, 9.17) is 5.73 Å². The third kappa shape index (κ3) is 2.69. The van der Waals surface area contributed by atoms with E-state index in [1.54, 1.807) is 0 Å². The maximum absolute atomic E-state index is 11.5. The van der Waals surface area contributed by atoms with Gasteiger partial charge in [0.05, 0.1) is 0 Å². The van der Waals surface area contributed by atoms with Crippen LogP contribution in [0.4, 0.5) is 0 Å². The Morgan fingerprint density at radius 3 is 2.77 bits per heavy atom. The Balaban J connectivity index is 2.39. The van der Waals surface area contributed by atoms with E-state index in [9.17, 15) is 4.79 Å². The molecule has 1 aliphatic rings. The van der Waals surface area contributed by atoms with Gasteiger partial charge in [-0.3, -0.25) is 4.79 Å². The Labute approximate surface area is 80.3 Å². The number of nitrogens with two attached hydrogens (primary N) is 1. The number of carbonyl (C=O) groups excluding carboxylic acids is 1. The third-order valence-corrected chi connectivity index (χ3v) is 2.85. The SMILES string of the molecule is CCC(N)CN1CC(CC)CC1=O. The number of likely N-dealkylation sites (tertiary alicyclic amines) is 1. The van der Waals surface area contributed by atoms with Crippen molar-refractivity contribution in [2.75, 3.05) is 13.1 Å². The number of rotatable bonds is 4. The Bertz CT molecular complexity index is 182. The molecule has 1 rings (SSSR count). The molecule has 1 saturated heterocycles. The van der Waals surface area contributed by atoms with Crippen LogP contribution in [0.25, 0.3) is 0 Å². The molecule has 1 heterocycles. The average molecular weight is 184 g/mol. The van der Waals surface area contributed by atoms with Crippen LogP contribution in [-0.4, -0.2) is 29.9 Å². The molecule has 0 bridgehead atoms. The highest BCUT2D eigenvalue weighted by Gasteiger charge is 2.28. The minimum absolute atomic E-state index is 0.152. The molecule has 0 spiro atoms. The third-order valence-electron chi connectivity index (χ3n) is 2.85. The van der Waals surface area contributed by atoms with E-state index in [0.29, 0.717) is 5.92 Å². The smallest absolute Gasteiger partial charge is 0.222 e. The predicted octanol–water partition coefficient (Wildman–Crippen LogP) is 0.982. The van der Waals surface area contributed by atoms with Crippen molar-refractivity contribution in [2.24, 2.45) is 11.7 Å². The van der Waals surface area contributed by atoms with E-state index >= 15 is 0 Å². The van der Waals surface area contributed by atoms with E-state index in [1.165, 1.54) is 0 Å². The fraction of sp³-hybridized carbons (Fsp3) is 0.900. The van der Waals surface area contributed by atoms with Crippen molar-refractivity contribution in [2.45, 2.75) is 39.2 Å². The summed E-state index contributed by atoms with van der Waals surface area (Å²) in [6, 6.07) is 0.152. The standard InChI is InChI=1S/C10H20N2O/c1-3-8-5-10(13)12(6-8)7-9(11)4-2/h8-9H,3-7,11H2,1-2H3. The van der Waals surface area contributed by atoms with Gasteiger partial charge in [-0.1, -0.05) is 20.3 Å². The average Bonchev–Trinajstić information content (AvgIpc) is 2.47. The van der Waals surface area contributed by atoms with Gasteiger partial charge in [-0.2, -0.15) is 0 Å². The first-order valence-electron chi connectivity index (χ1n) is 5.20. The van der Waals surface area contributed by atoms with Gasteiger partial charge in [0.2, 0.25) is 5.91 Å². The van der Waals surface area contributed by atoms with Crippen molar-refractivity contribution in [3.63, 3.8) is 0 Å². The Kier molecular flexibility index (Phi) is 3.72. The molecular formula is C10H20N2O. The highest BCUT2D eigenvalue weighted by molar-refractivity contribution is 5.78. The van der Waals surface area contributed by atoms with Crippen molar-refractivity contribution >= 4 is 5.91 Å². The Hall–Kier alpha value is -0.570. The summed E-state index contributed by atoms with van der Waals surface area (Å²) < 4.78 is 0. The van der Waals surface area contributed by atoms with Crippen molar-refractivity contribution in [3.05, 3.63) is 0 Å². The fourth-order valence-corrected chi connectivity index (χ4v) is 1.72. The highest BCUT2D eigenvalue weighted by Crippen LogP contribution is 2.20. The van der Waals surface area contributed by atoms with Gasteiger partial charge in [0.1, 0.15) is 0 Å². The monoisotopic (exact) mass is 184 g/mol. The highest BCUT2D eigenvalue weighted by atomic mass is 16.2. The number of hydrogen-bond acceptors (Lipinski definition) is 2. The Morgan fingerprint density at radius 1 is 1.62 bits per heavy atom. The first-order valence-corrected chi connectivity index (χ1v) is 5.20. The summed E-state index contributed by atoms with van der Waals surface area (Å²) in [4.78, 5) is 13.4. The summed E-state index contributed by atoms with van der Waals surface area (Å²) in [5, 5.41) is 0.